The molecular weight excluding hydrogens is 302 g/mol. The summed E-state index contributed by atoms with van der Waals surface area (Å²) in [4.78, 5) is 13.4. The second kappa shape index (κ2) is 7.51. The van der Waals surface area contributed by atoms with Gasteiger partial charge in [-0.05, 0) is 62.9 Å². The van der Waals surface area contributed by atoms with Crippen molar-refractivity contribution in [2.45, 2.75) is 58.0 Å². The first kappa shape index (κ1) is 17.2. The summed E-state index contributed by atoms with van der Waals surface area (Å²) in [6.07, 6.45) is 13.4. The third-order valence-electron chi connectivity index (χ3n) is 5.95. The molecule has 1 aliphatic carbocycles. The van der Waals surface area contributed by atoms with Gasteiger partial charge in [0.2, 0.25) is 0 Å². The fourth-order valence-electron chi connectivity index (χ4n) is 4.40. The zero-order chi connectivity index (χ0) is 17.0. The molecule has 1 spiro atoms. The Hall–Kier alpha value is -1.62. The van der Waals surface area contributed by atoms with E-state index in [1.807, 2.05) is 17.0 Å². The van der Waals surface area contributed by atoms with E-state index in [1.54, 1.807) is 0 Å². The van der Waals surface area contributed by atoms with Gasteiger partial charge >= 0.3 is 5.97 Å². The van der Waals surface area contributed by atoms with Gasteiger partial charge in [0.15, 0.2) is 0 Å². The molecule has 1 aromatic heterocycles. The van der Waals surface area contributed by atoms with Crippen LogP contribution in [0.3, 0.4) is 0 Å². The van der Waals surface area contributed by atoms with Crippen LogP contribution in [0.4, 0.5) is 0 Å². The molecule has 1 saturated carbocycles. The van der Waals surface area contributed by atoms with Gasteiger partial charge in [-0.2, -0.15) is 5.10 Å². The SMILES string of the molecule is C=CCn1cc(CN2CCC3(CCC(CC(=O)O)CC3)CC2)cn1. The van der Waals surface area contributed by atoms with Gasteiger partial charge in [0, 0.05) is 24.7 Å². The summed E-state index contributed by atoms with van der Waals surface area (Å²) in [6.45, 7) is 7.79. The van der Waals surface area contributed by atoms with Crippen molar-refractivity contribution in [3.63, 3.8) is 0 Å². The largest absolute Gasteiger partial charge is 0.481 e. The third-order valence-corrected chi connectivity index (χ3v) is 5.95. The Bertz CT molecular complexity index is 563. The molecule has 2 fully saturated rings. The molecule has 0 amide bonds. The van der Waals surface area contributed by atoms with Crippen molar-refractivity contribution >= 4 is 5.97 Å². The lowest BCUT2D eigenvalue weighted by molar-refractivity contribution is -0.138. The molecule has 2 aliphatic rings. The molecule has 2 heterocycles. The van der Waals surface area contributed by atoms with Crippen LogP contribution in [0.15, 0.2) is 25.0 Å². The standard InChI is InChI=1S/C19H29N3O2/c1-2-9-22-15-17(13-20-22)14-21-10-7-19(8-11-21)5-3-16(4-6-19)12-18(23)24/h2,13,15-16H,1,3-12,14H2,(H,23,24). The van der Waals surface area contributed by atoms with Gasteiger partial charge < -0.3 is 5.11 Å². The van der Waals surface area contributed by atoms with Gasteiger partial charge in [0.25, 0.3) is 0 Å². The highest BCUT2D eigenvalue weighted by Gasteiger charge is 2.38. The lowest BCUT2D eigenvalue weighted by atomic mass is 9.65. The maximum atomic E-state index is 10.9. The molecule has 5 nitrogen and oxygen atoms in total. The van der Waals surface area contributed by atoms with Gasteiger partial charge in [-0.15, -0.1) is 6.58 Å². The number of hydrogen-bond donors (Lipinski definition) is 1. The van der Waals surface area contributed by atoms with Gasteiger partial charge in [-0.1, -0.05) is 6.08 Å². The number of hydrogen-bond acceptors (Lipinski definition) is 3. The molecule has 0 radical (unpaired) electrons. The molecule has 1 saturated heterocycles. The topological polar surface area (TPSA) is 58.4 Å². The van der Waals surface area contributed by atoms with Crippen LogP contribution in [0.2, 0.25) is 0 Å². The minimum atomic E-state index is -0.636. The van der Waals surface area contributed by atoms with E-state index in [9.17, 15) is 4.79 Å². The zero-order valence-corrected chi connectivity index (χ0v) is 14.5. The van der Waals surface area contributed by atoms with Gasteiger partial charge in [-0.25, -0.2) is 0 Å². The highest BCUT2D eigenvalue weighted by Crippen LogP contribution is 2.47. The van der Waals surface area contributed by atoms with Crippen molar-refractivity contribution in [3.05, 3.63) is 30.6 Å². The third kappa shape index (κ3) is 4.26. The first-order chi connectivity index (χ1) is 11.6. The molecule has 24 heavy (non-hydrogen) atoms. The number of nitrogens with zero attached hydrogens (tertiary/aromatic N) is 3. The van der Waals surface area contributed by atoms with E-state index in [4.69, 9.17) is 5.11 Å². The van der Waals surface area contributed by atoms with E-state index in [2.05, 4.69) is 22.8 Å². The number of likely N-dealkylation sites (tertiary alicyclic amines) is 1. The summed E-state index contributed by atoms with van der Waals surface area (Å²) in [7, 11) is 0. The Morgan fingerprint density at radius 1 is 1.33 bits per heavy atom. The molecular formula is C19H29N3O2. The number of aliphatic carboxylic acids is 1. The Kier molecular flexibility index (Phi) is 5.39. The molecule has 0 aromatic carbocycles. The van der Waals surface area contributed by atoms with E-state index in [-0.39, 0.29) is 0 Å². The highest BCUT2D eigenvalue weighted by molar-refractivity contribution is 5.67. The Morgan fingerprint density at radius 3 is 2.67 bits per heavy atom. The van der Waals surface area contributed by atoms with E-state index in [1.165, 1.54) is 31.2 Å². The second-order valence-electron chi connectivity index (χ2n) is 7.68. The van der Waals surface area contributed by atoms with Crippen LogP contribution in [0.1, 0.15) is 50.5 Å². The maximum Gasteiger partial charge on any atom is 0.303 e. The summed E-state index contributed by atoms with van der Waals surface area (Å²) in [6, 6.07) is 0. The van der Waals surface area contributed by atoms with Crippen molar-refractivity contribution in [3.8, 4) is 0 Å². The van der Waals surface area contributed by atoms with Crippen molar-refractivity contribution in [1.82, 2.24) is 14.7 Å². The summed E-state index contributed by atoms with van der Waals surface area (Å²) in [5.41, 5.74) is 1.76. The van der Waals surface area contributed by atoms with Gasteiger partial charge in [0.05, 0.1) is 12.7 Å². The summed E-state index contributed by atoms with van der Waals surface area (Å²) >= 11 is 0. The maximum absolute atomic E-state index is 10.9. The number of rotatable bonds is 6. The molecule has 132 valence electrons. The van der Waals surface area contributed by atoms with Crippen LogP contribution in [0, 0.1) is 11.3 Å². The molecule has 3 rings (SSSR count). The monoisotopic (exact) mass is 331 g/mol. The minimum Gasteiger partial charge on any atom is -0.481 e. The lowest BCUT2D eigenvalue weighted by Crippen LogP contribution is -2.41. The molecule has 1 aliphatic heterocycles. The summed E-state index contributed by atoms with van der Waals surface area (Å²) in [5, 5.41) is 13.3. The van der Waals surface area contributed by atoms with Crippen LogP contribution in [-0.4, -0.2) is 38.8 Å². The number of carbonyl (C=O) groups is 1. The second-order valence-corrected chi connectivity index (χ2v) is 7.68. The number of allylic oxidation sites excluding steroid dienone is 1. The van der Waals surface area contributed by atoms with Crippen molar-refractivity contribution in [2.24, 2.45) is 11.3 Å². The van der Waals surface area contributed by atoms with Crippen LogP contribution < -0.4 is 0 Å². The quantitative estimate of drug-likeness (QED) is 0.813. The number of carboxylic acids is 1. The Morgan fingerprint density at radius 2 is 2.04 bits per heavy atom. The van der Waals surface area contributed by atoms with Crippen molar-refractivity contribution < 1.29 is 9.90 Å². The fraction of sp³-hybridized carbons (Fsp3) is 0.684. The average Bonchev–Trinajstić information content (AvgIpc) is 2.99. The highest BCUT2D eigenvalue weighted by atomic mass is 16.4. The average molecular weight is 331 g/mol. The van der Waals surface area contributed by atoms with E-state index < -0.39 is 5.97 Å². The Labute approximate surface area is 144 Å². The summed E-state index contributed by atoms with van der Waals surface area (Å²) in [5.74, 6) is -0.232. The number of aromatic nitrogens is 2. The number of piperidine rings is 1. The first-order valence-corrected chi connectivity index (χ1v) is 9.15. The normalized spacial score (nSPS) is 21.8. The van der Waals surface area contributed by atoms with Crippen molar-refractivity contribution in [1.29, 1.82) is 0 Å². The molecule has 0 atom stereocenters. The van der Waals surface area contributed by atoms with Crippen LogP contribution >= 0.6 is 0 Å². The van der Waals surface area contributed by atoms with E-state index >= 15 is 0 Å². The molecule has 5 heteroatoms. The fourth-order valence-corrected chi connectivity index (χ4v) is 4.40. The smallest absolute Gasteiger partial charge is 0.303 e. The van der Waals surface area contributed by atoms with Gasteiger partial charge in [0.1, 0.15) is 0 Å². The van der Waals surface area contributed by atoms with Gasteiger partial charge in [-0.3, -0.25) is 14.4 Å². The van der Waals surface area contributed by atoms with Crippen LogP contribution in [-0.2, 0) is 17.9 Å². The molecule has 0 bridgehead atoms. The minimum absolute atomic E-state index is 0.358. The van der Waals surface area contributed by atoms with E-state index in [0.717, 1.165) is 39.0 Å². The molecule has 0 unspecified atom stereocenters. The predicted molar refractivity (Wildman–Crippen MR) is 93.6 cm³/mol. The van der Waals surface area contributed by atoms with Crippen LogP contribution in [0.5, 0.6) is 0 Å². The van der Waals surface area contributed by atoms with E-state index in [0.29, 0.717) is 17.8 Å². The lowest BCUT2D eigenvalue weighted by Gasteiger charge is -2.46. The molecule has 1 aromatic rings. The van der Waals surface area contributed by atoms with Crippen molar-refractivity contribution in [2.75, 3.05) is 13.1 Å². The Balaban J connectivity index is 1.45. The number of carboxylic acid groups (broad SMARTS) is 1. The first-order valence-electron chi connectivity index (χ1n) is 9.15. The summed E-state index contributed by atoms with van der Waals surface area (Å²) < 4.78 is 1.93. The molecule has 1 N–H and O–H groups in total. The predicted octanol–water partition coefficient (Wildman–Crippen LogP) is 3.32. The van der Waals surface area contributed by atoms with Crippen LogP contribution in [0.25, 0.3) is 0 Å². The zero-order valence-electron chi connectivity index (χ0n) is 14.5.